The Morgan fingerprint density at radius 1 is 1.03 bits per heavy atom. The first-order valence-electron chi connectivity index (χ1n) is 12.2. The fourth-order valence-corrected chi connectivity index (χ4v) is 5.41. The molecule has 0 aromatic heterocycles. The largest absolute Gasteiger partial charge is 0.357 e. The van der Waals surface area contributed by atoms with Gasteiger partial charge in [0.05, 0.1) is 34.7 Å². The van der Waals surface area contributed by atoms with Gasteiger partial charge in [-0.05, 0) is 48.6 Å². The van der Waals surface area contributed by atoms with Gasteiger partial charge in [-0.25, -0.2) is 0 Å². The minimum absolute atomic E-state index is 0.0515. The second-order valence-corrected chi connectivity index (χ2v) is 10.9. The van der Waals surface area contributed by atoms with Gasteiger partial charge in [0.1, 0.15) is 0 Å². The number of halogens is 1. The summed E-state index contributed by atoms with van der Waals surface area (Å²) in [6.07, 6.45) is 1.22. The highest BCUT2D eigenvalue weighted by atomic mass is 35.5. The Kier molecular flexibility index (Phi) is 6.35. The van der Waals surface area contributed by atoms with Crippen molar-refractivity contribution in [2.45, 2.75) is 39.7 Å². The number of amides is 1. The van der Waals surface area contributed by atoms with Crippen molar-refractivity contribution in [1.29, 1.82) is 0 Å². The van der Waals surface area contributed by atoms with Crippen molar-refractivity contribution >= 4 is 40.4 Å². The average Bonchev–Trinajstić information content (AvgIpc) is 2.95. The Balaban J connectivity index is 1.64. The van der Waals surface area contributed by atoms with Crippen LogP contribution in [0.25, 0.3) is 0 Å². The van der Waals surface area contributed by atoms with E-state index in [2.05, 4.69) is 48.7 Å². The Morgan fingerprint density at radius 3 is 2.47 bits per heavy atom. The zero-order valence-corrected chi connectivity index (χ0v) is 21.5. The maximum Gasteiger partial charge on any atom is 0.243 e. The molecule has 1 aliphatic carbocycles. The van der Waals surface area contributed by atoms with E-state index in [-0.39, 0.29) is 23.7 Å². The van der Waals surface area contributed by atoms with Crippen molar-refractivity contribution < 1.29 is 9.59 Å². The van der Waals surface area contributed by atoms with Crippen molar-refractivity contribution in [3.8, 4) is 0 Å². The second-order valence-electron chi connectivity index (χ2n) is 10.4. The molecule has 3 aromatic carbocycles. The lowest BCUT2D eigenvalue weighted by Crippen LogP contribution is -2.40. The number of nitrogens with one attached hydrogen (secondary N) is 2. The molecule has 5 rings (SSSR count). The molecule has 1 atom stereocenters. The lowest BCUT2D eigenvalue weighted by molar-refractivity contribution is -0.119. The minimum atomic E-state index is -0.405. The molecule has 0 bridgehead atoms. The van der Waals surface area contributed by atoms with Crippen LogP contribution in [-0.2, 0) is 9.59 Å². The fraction of sp³-hybridized carbons (Fsp3) is 0.267. The molecule has 36 heavy (non-hydrogen) atoms. The minimum Gasteiger partial charge on any atom is -0.357 e. The van der Waals surface area contributed by atoms with Crippen molar-refractivity contribution in [1.82, 2.24) is 0 Å². The van der Waals surface area contributed by atoms with E-state index in [0.717, 1.165) is 40.2 Å². The molecule has 6 heteroatoms. The number of carbonyl (C=O) groups is 2. The SMILES string of the molecule is Cc1ccc([C@@H]2C3=C(CC(C)(C)CC3=O)Nc3ccccc3N2CC(=O)Nc2ccccc2Cl)cc1. The molecular weight excluding hydrogens is 470 g/mol. The van der Waals surface area contributed by atoms with Gasteiger partial charge in [0.15, 0.2) is 5.78 Å². The zero-order chi connectivity index (χ0) is 25.4. The van der Waals surface area contributed by atoms with E-state index in [9.17, 15) is 9.59 Å². The highest BCUT2D eigenvalue weighted by molar-refractivity contribution is 6.33. The monoisotopic (exact) mass is 499 g/mol. The number of anilines is 3. The van der Waals surface area contributed by atoms with Gasteiger partial charge in [-0.15, -0.1) is 0 Å². The quantitative estimate of drug-likeness (QED) is 0.409. The molecule has 0 spiro atoms. The van der Waals surface area contributed by atoms with E-state index in [1.165, 1.54) is 0 Å². The highest BCUT2D eigenvalue weighted by Crippen LogP contribution is 2.48. The predicted octanol–water partition coefficient (Wildman–Crippen LogP) is 6.90. The van der Waals surface area contributed by atoms with E-state index in [1.54, 1.807) is 12.1 Å². The molecule has 5 nitrogen and oxygen atoms in total. The third kappa shape index (κ3) is 4.76. The van der Waals surface area contributed by atoms with Gasteiger partial charge in [-0.3, -0.25) is 9.59 Å². The van der Waals surface area contributed by atoms with E-state index < -0.39 is 6.04 Å². The van der Waals surface area contributed by atoms with E-state index in [0.29, 0.717) is 17.1 Å². The lowest BCUT2D eigenvalue weighted by Gasteiger charge is -2.38. The number of allylic oxidation sites excluding steroid dienone is 1. The molecular formula is C30H30ClN3O2. The molecule has 0 radical (unpaired) electrons. The standard InChI is InChI=1S/C30H30ClN3O2/c1-19-12-14-20(15-13-19)29-28-24(16-30(2,3)17-26(28)35)32-23-10-6-7-11-25(23)34(29)18-27(36)33-22-9-5-4-8-21(22)31/h4-15,29,32H,16-18H2,1-3H3,(H,33,36)/t29-/m1/s1. The normalized spacial score (nSPS) is 18.6. The Morgan fingerprint density at radius 2 is 1.72 bits per heavy atom. The molecule has 2 N–H and O–H groups in total. The summed E-state index contributed by atoms with van der Waals surface area (Å²) in [5, 5.41) is 7.02. The molecule has 184 valence electrons. The van der Waals surface area contributed by atoms with E-state index in [4.69, 9.17) is 11.6 Å². The van der Waals surface area contributed by atoms with Crippen molar-refractivity contribution in [2.24, 2.45) is 5.41 Å². The van der Waals surface area contributed by atoms with Gasteiger partial charge in [0.2, 0.25) is 5.91 Å². The van der Waals surface area contributed by atoms with Crippen LogP contribution in [0.3, 0.4) is 0 Å². The van der Waals surface area contributed by atoms with Crippen molar-refractivity contribution in [2.75, 3.05) is 22.1 Å². The van der Waals surface area contributed by atoms with Crippen LogP contribution in [0, 0.1) is 12.3 Å². The fourth-order valence-electron chi connectivity index (χ4n) is 5.23. The first-order valence-corrected chi connectivity index (χ1v) is 12.6. The summed E-state index contributed by atoms with van der Waals surface area (Å²) < 4.78 is 0. The Hall–Kier alpha value is -3.57. The zero-order valence-electron chi connectivity index (χ0n) is 20.8. The number of ketones is 1. The number of nitrogens with zero attached hydrogens (tertiary/aromatic N) is 1. The van der Waals surface area contributed by atoms with E-state index >= 15 is 0 Å². The molecule has 0 saturated carbocycles. The first kappa shape index (κ1) is 24.1. The summed E-state index contributed by atoms with van der Waals surface area (Å²) in [5.41, 5.74) is 5.96. The molecule has 0 saturated heterocycles. The smallest absolute Gasteiger partial charge is 0.243 e. The summed E-state index contributed by atoms with van der Waals surface area (Å²) in [4.78, 5) is 29.2. The van der Waals surface area contributed by atoms with Crippen molar-refractivity contribution in [3.63, 3.8) is 0 Å². The number of para-hydroxylation sites is 3. The van der Waals surface area contributed by atoms with Gasteiger partial charge >= 0.3 is 0 Å². The van der Waals surface area contributed by atoms with Crippen LogP contribution in [-0.4, -0.2) is 18.2 Å². The molecule has 1 heterocycles. The number of benzene rings is 3. The average molecular weight is 500 g/mol. The molecule has 0 fully saturated rings. The number of Topliss-reactive ketones (excluding diaryl/α,β-unsaturated/α-hetero) is 1. The first-order chi connectivity index (χ1) is 17.2. The van der Waals surface area contributed by atoms with Gasteiger partial charge < -0.3 is 15.5 Å². The summed E-state index contributed by atoms with van der Waals surface area (Å²) in [6.45, 7) is 6.35. The number of fused-ring (bicyclic) bond motifs is 1. The van der Waals surface area contributed by atoms with Gasteiger partial charge in [-0.2, -0.15) is 0 Å². The van der Waals surface area contributed by atoms with Gasteiger partial charge in [0.25, 0.3) is 0 Å². The van der Waals surface area contributed by atoms with Crippen LogP contribution in [0.2, 0.25) is 5.02 Å². The maximum atomic E-state index is 13.7. The molecule has 3 aromatic rings. The summed E-state index contributed by atoms with van der Waals surface area (Å²) >= 11 is 6.30. The number of aryl methyl sites for hydroxylation is 1. The van der Waals surface area contributed by atoms with Crippen LogP contribution in [0.5, 0.6) is 0 Å². The topological polar surface area (TPSA) is 61.4 Å². The number of hydrogen-bond acceptors (Lipinski definition) is 4. The van der Waals surface area contributed by atoms with Crippen LogP contribution in [0.1, 0.15) is 43.9 Å². The summed E-state index contributed by atoms with van der Waals surface area (Å²) in [5.74, 6) is -0.0914. The molecule has 1 amide bonds. The Bertz CT molecular complexity index is 1360. The highest BCUT2D eigenvalue weighted by Gasteiger charge is 2.41. The third-order valence-electron chi connectivity index (χ3n) is 6.86. The van der Waals surface area contributed by atoms with E-state index in [1.807, 2.05) is 48.2 Å². The van der Waals surface area contributed by atoms with Crippen LogP contribution >= 0.6 is 11.6 Å². The van der Waals surface area contributed by atoms with Crippen LogP contribution in [0.4, 0.5) is 17.1 Å². The van der Waals surface area contributed by atoms with Gasteiger partial charge in [0, 0.05) is 17.7 Å². The van der Waals surface area contributed by atoms with Crippen molar-refractivity contribution in [3.05, 3.63) is 100 Å². The summed E-state index contributed by atoms with van der Waals surface area (Å²) in [6, 6.07) is 22.9. The van der Waals surface area contributed by atoms with Gasteiger partial charge in [-0.1, -0.05) is 79.5 Å². The second kappa shape index (κ2) is 9.47. The molecule has 2 aliphatic rings. The van der Waals surface area contributed by atoms with Crippen LogP contribution < -0.4 is 15.5 Å². The number of rotatable bonds is 4. The lowest BCUT2D eigenvalue weighted by atomic mass is 9.73. The number of carbonyl (C=O) groups excluding carboxylic acids is 2. The Labute approximate surface area is 217 Å². The molecule has 0 unspecified atom stereocenters. The third-order valence-corrected chi connectivity index (χ3v) is 7.19. The van der Waals surface area contributed by atoms with Crippen LogP contribution in [0.15, 0.2) is 84.1 Å². The molecule has 1 aliphatic heterocycles. The predicted molar refractivity (Wildman–Crippen MR) is 146 cm³/mol. The number of hydrogen-bond donors (Lipinski definition) is 2. The summed E-state index contributed by atoms with van der Waals surface area (Å²) in [7, 11) is 0. The maximum absolute atomic E-state index is 13.7.